The Morgan fingerprint density at radius 3 is 2.67 bits per heavy atom. The number of rotatable bonds is 3. The highest BCUT2D eigenvalue weighted by molar-refractivity contribution is 6.35. The van der Waals surface area contributed by atoms with Crippen LogP contribution in [0.5, 0.6) is 0 Å². The lowest BCUT2D eigenvalue weighted by Gasteiger charge is -2.21. The molecule has 0 bridgehead atoms. The van der Waals surface area contributed by atoms with Gasteiger partial charge in [0, 0.05) is 35.2 Å². The molecule has 1 spiro atoms. The molecule has 3 heterocycles. The van der Waals surface area contributed by atoms with Gasteiger partial charge in [-0.2, -0.15) is 0 Å². The molecule has 5 rings (SSSR count). The number of carbonyl (C=O) groups is 2. The number of halogens is 1. The molecule has 2 aliphatic heterocycles. The third-order valence-corrected chi connectivity index (χ3v) is 6.26. The number of ketones is 1. The summed E-state index contributed by atoms with van der Waals surface area (Å²) < 4.78 is 11.0. The van der Waals surface area contributed by atoms with Crippen molar-refractivity contribution in [3.8, 4) is 11.1 Å². The van der Waals surface area contributed by atoms with Crippen molar-refractivity contribution in [2.24, 2.45) is 0 Å². The lowest BCUT2D eigenvalue weighted by atomic mass is 9.87. The summed E-state index contributed by atoms with van der Waals surface area (Å²) in [6, 6.07) is 10.5. The van der Waals surface area contributed by atoms with Crippen LogP contribution in [-0.4, -0.2) is 30.0 Å². The predicted molar refractivity (Wildman–Crippen MR) is 111 cm³/mol. The number of carbonyl (C=O) groups excluding carboxylic acids is 2. The molecular weight excluding hydrogens is 404 g/mol. The van der Waals surface area contributed by atoms with Crippen LogP contribution >= 0.6 is 11.6 Å². The van der Waals surface area contributed by atoms with Gasteiger partial charge in [-0.25, -0.2) is 4.79 Å². The van der Waals surface area contributed by atoms with Crippen LogP contribution < -0.4 is 5.32 Å². The van der Waals surface area contributed by atoms with E-state index in [1.165, 1.54) is 0 Å². The average Bonchev–Trinajstić information content (AvgIpc) is 3.41. The summed E-state index contributed by atoms with van der Waals surface area (Å²) in [5.41, 5.74) is 3.51. The quantitative estimate of drug-likeness (QED) is 0.503. The molecule has 2 aliphatic rings. The molecule has 6 nitrogen and oxygen atoms in total. The molecular formula is C23H19ClN2O4. The Labute approximate surface area is 178 Å². The van der Waals surface area contributed by atoms with Crippen LogP contribution in [0.15, 0.2) is 40.9 Å². The number of aryl methyl sites for hydroxylation is 2. The highest BCUT2D eigenvalue weighted by Gasteiger charge is 2.49. The zero-order chi connectivity index (χ0) is 21.0. The van der Waals surface area contributed by atoms with Crippen LogP contribution in [0.25, 0.3) is 11.1 Å². The standard InChI is InChI=1S/C23H19ClN2O4/c1-12-19(13(2)30-26-12)14-6-7-15(18(24)10-14)21(27)16-4-3-5-17-20(16)22(28)29-23(17)8-9-25-11-23/h3-7,10,25H,8-9,11H2,1-2H3. The summed E-state index contributed by atoms with van der Waals surface area (Å²) in [7, 11) is 0. The first-order valence-electron chi connectivity index (χ1n) is 9.76. The SMILES string of the molecule is Cc1noc(C)c1-c1ccc(C(=O)c2cccc3c2C(=O)OC32CCNC2)c(Cl)c1. The van der Waals surface area contributed by atoms with Crippen molar-refractivity contribution in [1.82, 2.24) is 10.5 Å². The van der Waals surface area contributed by atoms with Gasteiger partial charge >= 0.3 is 5.97 Å². The van der Waals surface area contributed by atoms with Gasteiger partial charge in [-0.3, -0.25) is 4.79 Å². The molecule has 0 radical (unpaired) electrons. The molecule has 3 aromatic rings. The van der Waals surface area contributed by atoms with Gasteiger partial charge in [0.05, 0.1) is 16.3 Å². The first kappa shape index (κ1) is 19.0. The van der Waals surface area contributed by atoms with Gasteiger partial charge in [-0.15, -0.1) is 0 Å². The van der Waals surface area contributed by atoms with Crippen LogP contribution in [-0.2, 0) is 10.3 Å². The predicted octanol–water partition coefficient (Wildman–Crippen LogP) is 4.20. The lowest BCUT2D eigenvalue weighted by molar-refractivity contribution is 0.00159. The van der Waals surface area contributed by atoms with Crippen molar-refractivity contribution >= 4 is 23.4 Å². The molecule has 152 valence electrons. The lowest BCUT2D eigenvalue weighted by Crippen LogP contribution is -2.28. The van der Waals surface area contributed by atoms with Gasteiger partial charge in [0.25, 0.3) is 0 Å². The summed E-state index contributed by atoms with van der Waals surface area (Å²) in [5, 5.41) is 7.51. The summed E-state index contributed by atoms with van der Waals surface area (Å²) in [6.45, 7) is 5.00. The number of benzene rings is 2. The fourth-order valence-corrected chi connectivity index (χ4v) is 4.77. The summed E-state index contributed by atoms with van der Waals surface area (Å²) in [4.78, 5) is 26.1. The van der Waals surface area contributed by atoms with Crippen molar-refractivity contribution in [2.45, 2.75) is 25.9 Å². The Bertz CT molecular complexity index is 1190. The minimum absolute atomic E-state index is 0.304. The maximum atomic E-state index is 13.4. The third kappa shape index (κ3) is 2.71. The number of fused-ring (bicyclic) bond motifs is 2. The largest absolute Gasteiger partial charge is 0.449 e. The molecule has 1 N–H and O–H groups in total. The molecule has 30 heavy (non-hydrogen) atoms. The molecule has 0 amide bonds. The maximum absolute atomic E-state index is 13.4. The van der Waals surface area contributed by atoms with E-state index in [0.29, 0.717) is 40.4 Å². The Morgan fingerprint density at radius 1 is 1.17 bits per heavy atom. The molecule has 2 aromatic carbocycles. The van der Waals surface area contributed by atoms with Gasteiger partial charge in [0.2, 0.25) is 0 Å². The van der Waals surface area contributed by atoms with Crippen LogP contribution in [0.2, 0.25) is 5.02 Å². The smallest absolute Gasteiger partial charge is 0.340 e. The first-order chi connectivity index (χ1) is 14.4. The average molecular weight is 423 g/mol. The highest BCUT2D eigenvalue weighted by atomic mass is 35.5. The zero-order valence-corrected chi connectivity index (χ0v) is 17.3. The monoisotopic (exact) mass is 422 g/mol. The van der Waals surface area contributed by atoms with E-state index in [9.17, 15) is 9.59 Å². The molecule has 7 heteroatoms. The number of nitrogens with zero attached hydrogens (tertiary/aromatic N) is 1. The van der Waals surface area contributed by atoms with E-state index in [4.69, 9.17) is 20.9 Å². The summed E-state index contributed by atoms with van der Waals surface area (Å²) in [6.07, 6.45) is 0.691. The van der Waals surface area contributed by atoms with Crippen LogP contribution in [0.1, 0.15) is 49.7 Å². The molecule has 1 aromatic heterocycles. The third-order valence-electron chi connectivity index (χ3n) is 5.94. The maximum Gasteiger partial charge on any atom is 0.340 e. The summed E-state index contributed by atoms with van der Waals surface area (Å²) >= 11 is 6.51. The molecule has 1 unspecified atom stereocenters. The highest BCUT2D eigenvalue weighted by Crippen LogP contribution is 2.42. The van der Waals surface area contributed by atoms with Crippen molar-refractivity contribution in [1.29, 1.82) is 0 Å². The fraction of sp³-hybridized carbons (Fsp3) is 0.261. The minimum Gasteiger partial charge on any atom is -0.449 e. The van der Waals surface area contributed by atoms with E-state index in [2.05, 4.69) is 10.5 Å². The molecule has 1 atom stereocenters. The number of aromatic nitrogens is 1. The summed E-state index contributed by atoms with van der Waals surface area (Å²) in [5.74, 6) is -0.0787. The minimum atomic E-state index is -0.681. The Hall–Kier alpha value is -2.96. The van der Waals surface area contributed by atoms with Gasteiger partial charge in [-0.05, 0) is 38.1 Å². The Morgan fingerprint density at radius 2 is 2.00 bits per heavy atom. The van der Waals surface area contributed by atoms with Gasteiger partial charge < -0.3 is 14.6 Å². The van der Waals surface area contributed by atoms with Crippen LogP contribution in [0, 0.1) is 13.8 Å². The van der Waals surface area contributed by atoms with Crippen molar-refractivity contribution in [3.05, 3.63) is 75.1 Å². The van der Waals surface area contributed by atoms with E-state index < -0.39 is 11.6 Å². The normalized spacial score (nSPS) is 19.9. The topological polar surface area (TPSA) is 81.4 Å². The van der Waals surface area contributed by atoms with E-state index in [1.54, 1.807) is 24.3 Å². The molecule has 1 fully saturated rings. The van der Waals surface area contributed by atoms with Gasteiger partial charge in [0.15, 0.2) is 11.4 Å². The first-order valence-corrected chi connectivity index (χ1v) is 10.1. The van der Waals surface area contributed by atoms with Crippen LogP contribution in [0.3, 0.4) is 0 Å². The Kier molecular flexibility index (Phi) is 4.31. The van der Waals surface area contributed by atoms with Crippen molar-refractivity contribution in [2.75, 3.05) is 13.1 Å². The van der Waals surface area contributed by atoms with E-state index >= 15 is 0 Å². The molecule has 0 aliphatic carbocycles. The molecule has 0 saturated carbocycles. The number of hydrogen-bond acceptors (Lipinski definition) is 6. The van der Waals surface area contributed by atoms with Crippen LogP contribution in [0.4, 0.5) is 0 Å². The number of hydrogen-bond donors (Lipinski definition) is 1. The second kappa shape index (κ2) is 6.79. The Balaban J connectivity index is 1.57. The van der Waals surface area contributed by atoms with E-state index in [-0.39, 0.29) is 5.78 Å². The van der Waals surface area contributed by atoms with Crippen molar-refractivity contribution < 1.29 is 18.8 Å². The second-order valence-electron chi connectivity index (χ2n) is 7.76. The number of ether oxygens (including phenoxy) is 1. The molecule has 1 saturated heterocycles. The second-order valence-corrected chi connectivity index (χ2v) is 8.17. The van der Waals surface area contributed by atoms with Crippen molar-refractivity contribution in [3.63, 3.8) is 0 Å². The fourth-order valence-electron chi connectivity index (χ4n) is 4.51. The van der Waals surface area contributed by atoms with Gasteiger partial charge in [-0.1, -0.05) is 41.0 Å². The van der Waals surface area contributed by atoms with Gasteiger partial charge in [0.1, 0.15) is 5.76 Å². The zero-order valence-electron chi connectivity index (χ0n) is 16.5. The van der Waals surface area contributed by atoms with E-state index in [0.717, 1.165) is 28.9 Å². The number of esters is 1. The number of nitrogens with one attached hydrogen (secondary N) is 1. The van der Waals surface area contributed by atoms with E-state index in [1.807, 2.05) is 26.0 Å².